The van der Waals surface area contributed by atoms with Crippen LogP contribution >= 0.6 is 0 Å². The average molecular weight is 306 g/mol. The number of benzene rings is 1. The lowest BCUT2D eigenvalue weighted by atomic mass is 10.0. The van der Waals surface area contributed by atoms with Gasteiger partial charge in [-0.25, -0.2) is 13.8 Å². The summed E-state index contributed by atoms with van der Waals surface area (Å²) in [5.41, 5.74) is 1.19. The Bertz CT molecular complexity index is 672. The minimum atomic E-state index is -0.916. The van der Waals surface area contributed by atoms with Gasteiger partial charge in [0.2, 0.25) is 5.91 Å². The first-order valence-electron chi connectivity index (χ1n) is 7.26. The largest absolute Gasteiger partial charge is 0.312 e. The molecular formula is C15H16F2N4O. The fourth-order valence-corrected chi connectivity index (χ4v) is 2.71. The molecule has 0 spiro atoms. The van der Waals surface area contributed by atoms with E-state index in [1.165, 1.54) is 12.4 Å². The number of fused-ring (bicyclic) bond motifs is 1. The molecule has 3 rings (SSSR count). The lowest BCUT2D eigenvalue weighted by molar-refractivity contribution is -0.118. The topological polar surface area (TPSA) is 51.0 Å². The molecule has 1 aliphatic rings. The van der Waals surface area contributed by atoms with Crippen LogP contribution in [0.15, 0.2) is 24.8 Å². The minimum absolute atomic E-state index is 0.0768. The molecule has 0 radical (unpaired) electrons. The lowest BCUT2D eigenvalue weighted by Gasteiger charge is -2.29. The van der Waals surface area contributed by atoms with Crippen LogP contribution < -0.4 is 4.90 Å². The van der Waals surface area contributed by atoms with E-state index in [1.807, 2.05) is 0 Å². The number of aryl methyl sites for hydroxylation is 2. The van der Waals surface area contributed by atoms with E-state index in [4.69, 9.17) is 0 Å². The van der Waals surface area contributed by atoms with E-state index >= 15 is 0 Å². The molecule has 7 heteroatoms. The standard InChI is InChI=1S/C15H16F2N4O/c16-12-7-11-3-1-6-21(14(11)8-13(12)17)15(22)4-2-5-20-10-18-9-19-20/h7-10H,1-6H2. The van der Waals surface area contributed by atoms with Crippen molar-refractivity contribution < 1.29 is 13.6 Å². The van der Waals surface area contributed by atoms with Crippen molar-refractivity contribution in [2.75, 3.05) is 11.4 Å². The molecule has 0 aliphatic carbocycles. The van der Waals surface area contributed by atoms with Gasteiger partial charge in [0.05, 0.1) is 0 Å². The van der Waals surface area contributed by atoms with Crippen LogP contribution in [0.5, 0.6) is 0 Å². The number of nitrogens with zero attached hydrogens (tertiary/aromatic N) is 4. The summed E-state index contributed by atoms with van der Waals surface area (Å²) in [6.07, 6.45) is 5.41. The highest BCUT2D eigenvalue weighted by atomic mass is 19.2. The van der Waals surface area contributed by atoms with Gasteiger partial charge >= 0.3 is 0 Å². The second kappa shape index (κ2) is 6.21. The normalized spacial score (nSPS) is 14.0. The Morgan fingerprint density at radius 2 is 2.09 bits per heavy atom. The fourth-order valence-electron chi connectivity index (χ4n) is 2.71. The highest BCUT2D eigenvalue weighted by molar-refractivity contribution is 5.94. The summed E-state index contributed by atoms with van der Waals surface area (Å²) in [6.45, 7) is 1.14. The Morgan fingerprint density at radius 3 is 2.86 bits per heavy atom. The zero-order valence-electron chi connectivity index (χ0n) is 12.0. The van der Waals surface area contributed by atoms with Crippen LogP contribution in [-0.2, 0) is 17.8 Å². The monoisotopic (exact) mass is 306 g/mol. The van der Waals surface area contributed by atoms with Crippen molar-refractivity contribution in [3.05, 3.63) is 42.0 Å². The molecule has 0 N–H and O–H groups in total. The van der Waals surface area contributed by atoms with Crippen molar-refractivity contribution >= 4 is 11.6 Å². The van der Waals surface area contributed by atoms with E-state index in [0.717, 1.165) is 12.5 Å². The number of carbonyl (C=O) groups excluding carboxylic acids is 1. The average Bonchev–Trinajstić information content (AvgIpc) is 3.01. The Hall–Kier alpha value is -2.31. The van der Waals surface area contributed by atoms with E-state index in [-0.39, 0.29) is 5.91 Å². The fraction of sp³-hybridized carbons (Fsp3) is 0.400. The van der Waals surface area contributed by atoms with Gasteiger partial charge in [-0.3, -0.25) is 9.48 Å². The van der Waals surface area contributed by atoms with Crippen LogP contribution in [0, 0.1) is 11.6 Å². The van der Waals surface area contributed by atoms with Crippen LogP contribution in [0.25, 0.3) is 0 Å². The summed E-state index contributed by atoms with van der Waals surface area (Å²) < 4.78 is 28.4. The molecule has 5 nitrogen and oxygen atoms in total. The maximum atomic E-state index is 13.4. The summed E-state index contributed by atoms with van der Waals surface area (Å²) >= 11 is 0. The van der Waals surface area contributed by atoms with Gasteiger partial charge in [-0.2, -0.15) is 5.10 Å². The third kappa shape index (κ3) is 2.98. The van der Waals surface area contributed by atoms with Gasteiger partial charge in [0.15, 0.2) is 11.6 Å². The van der Waals surface area contributed by atoms with E-state index in [2.05, 4.69) is 10.1 Å². The molecule has 1 amide bonds. The van der Waals surface area contributed by atoms with E-state index in [0.29, 0.717) is 43.6 Å². The Morgan fingerprint density at radius 1 is 1.27 bits per heavy atom. The van der Waals surface area contributed by atoms with Crippen molar-refractivity contribution in [3.63, 3.8) is 0 Å². The molecule has 2 heterocycles. The lowest BCUT2D eigenvalue weighted by Crippen LogP contribution is -2.35. The quantitative estimate of drug-likeness (QED) is 0.871. The first kappa shape index (κ1) is 14.6. The molecule has 1 aromatic heterocycles. The summed E-state index contributed by atoms with van der Waals surface area (Å²) in [6, 6.07) is 2.32. The molecule has 0 bridgehead atoms. The Labute approximate surface area is 126 Å². The van der Waals surface area contributed by atoms with Crippen LogP contribution in [0.1, 0.15) is 24.8 Å². The SMILES string of the molecule is O=C(CCCn1cncn1)N1CCCc2cc(F)c(F)cc21. The predicted molar refractivity (Wildman–Crippen MR) is 76.3 cm³/mol. The number of anilines is 1. The first-order valence-corrected chi connectivity index (χ1v) is 7.26. The van der Waals surface area contributed by atoms with E-state index in [1.54, 1.807) is 15.9 Å². The minimum Gasteiger partial charge on any atom is -0.312 e. The van der Waals surface area contributed by atoms with Crippen molar-refractivity contribution in [2.24, 2.45) is 0 Å². The summed E-state index contributed by atoms with van der Waals surface area (Å²) in [4.78, 5) is 17.7. The number of hydrogen-bond donors (Lipinski definition) is 0. The molecule has 0 saturated carbocycles. The Balaban J connectivity index is 1.67. The Kier molecular flexibility index (Phi) is 4.13. The van der Waals surface area contributed by atoms with Crippen LogP contribution in [-0.4, -0.2) is 27.2 Å². The molecule has 2 aromatic rings. The third-order valence-electron chi connectivity index (χ3n) is 3.79. The van der Waals surface area contributed by atoms with Gasteiger partial charge in [0, 0.05) is 31.3 Å². The summed E-state index contributed by atoms with van der Waals surface area (Å²) in [5.74, 6) is -1.85. The second-order valence-electron chi connectivity index (χ2n) is 5.31. The third-order valence-corrected chi connectivity index (χ3v) is 3.79. The van der Waals surface area contributed by atoms with Gasteiger partial charge < -0.3 is 4.90 Å². The molecule has 116 valence electrons. The number of aromatic nitrogens is 3. The molecule has 1 aromatic carbocycles. The number of hydrogen-bond acceptors (Lipinski definition) is 3. The highest BCUT2D eigenvalue weighted by Crippen LogP contribution is 2.30. The van der Waals surface area contributed by atoms with Gasteiger partial charge in [-0.1, -0.05) is 0 Å². The number of amides is 1. The van der Waals surface area contributed by atoms with Crippen LogP contribution in [0.4, 0.5) is 14.5 Å². The zero-order valence-corrected chi connectivity index (χ0v) is 12.0. The van der Waals surface area contributed by atoms with E-state index in [9.17, 15) is 13.6 Å². The van der Waals surface area contributed by atoms with E-state index < -0.39 is 11.6 Å². The van der Waals surface area contributed by atoms with Crippen molar-refractivity contribution in [2.45, 2.75) is 32.2 Å². The smallest absolute Gasteiger partial charge is 0.227 e. The number of halogens is 2. The van der Waals surface area contributed by atoms with Gasteiger partial charge in [0.1, 0.15) is 12.7 Å². The molecule has 0 fully saturated rings. The predicted octanol–water partition coefficient (Wildman–Crippen LogP) is 2.32. The van der Waals surface area contributed by atoms with Gasteiger partial charge in [0.25, 0.3) is 0 Å². The molecule has 0 unspecified atom stereocenters. The van der Waals surface area contributed by atoms with Crippen LogP contribution in [0.3, 0.4) is 0 Å². The highest BCUT2D eigenvalue weighted by Gasteiger charge is 2.24. The first-order chi connectivity index (χ1) is 10.6. The summed E-state index contributed by atoms with van der Waals surface area (Å²) in [5, 5.41) is 3.97. The van der Waals surface area contributed by atoms with Gasteiger partial charge in [-0.15, -0.1) is 0 Å². The molecular weight excluding hydrogens is 290 g/mol. The second-order valence-corrected chi connectivity index (χ2v) is 5.31. The van der Waals surface area contributed by atoms with Crippen molar-refractivity contribution in [1.29, 1.82) is 0 Å². The maximum absolute atomic E-state index is 13.4. The molecule has 22 heavy (non-hydrogen) atoms. The molecule has 1 aliphatic heterocycles. The number of carbonyl (C=O) groups is 1. The van der Waals surface area contributed by atoms with Crippen molar-refractivity contribution in [3.8, 4) is 0 Å². The maximum Gasteiger partial charge on any atom is 0.227 e. The zero-order chi connectivity index (χ0) is 15.5. The van der Waals surface area contributed by atoms with Crippen LogP contribution in [0.2, 0.25) is 0 Å². The van der Waals surface area contributed by atoms with Crippen molar-refractivity contribution in [1.82, 2.24) is 14.8 Å². The van der Waals surface area contributed by atoms with Gasteiger partial charge in [-0.05, 0) is 30.9 Å². The molecule has 0 atom stereocenters. The molecule has 0 saturated heterocycles. The summed E-state index contributed by atoms with van der Waals surface area (Å²) in [7, 11) is 0. The number of rotatable bonds is 4.